The molecule has 0 spiro atoms. The summed E-state index contributed by atoms with van der Waals surface area (Å²) < 4.78 is 11.1. The molecule has 0 N–H and O–H groups in total. The van der Waals surface area contributed by atoms with Gasteiger partial charge in [0.05, 0.1) is 0 Å². The molecule has 0 atom stereocenters. The Balaban J connectivity index is 1.50. The second-order valence-electron chi connectivity index (χ2n) is 6.33. The molecular weight excluding hydrogens is 409 g/mol. The van der Waals surface area contributed by atoms with E-state index < -0.39 is 5.97 Å². The molecule has 0 amide bonds. The van der Waals surface area contributed by atoms with Gasteiger partial charge in [0.25, 0.3) is 0 Å². The molecule has 144 valence electrons. The molecule has 0 saturated heterocycles. The van der Waals surface area contributed by atoms with Crippen molar-refractivity contribution in [2.45, 2.75) is 6.61 Å². The van der Waals surface area contributed by atoms with E-state index in [-0.39, 0.29) is 11.6 Å². The molecule has 0 aromatic heterocycles. The highest BCUT2D eigenvalue weighted by Gasteiger charge is 2.24. The normalized spacial score (nSPS) is 14.6. The average molecular weight is 424 g/mol. The molecule has 1 heterocycles. The van der Waals surface area contributed by atoms with Gasteiger partial charge < -0.3 is 9.47 Å². The minimum atomic E-state index is -0.498. The fraction of sp³-hybridized carbons (Fsp3) is 0.0435. The van der Waals surface area contributed by atoms with Crippen LogP contribution in [-0.2, 0) is 16.1 Å². The van der Waals surface area contributed by atoms with Crippen LogP contribution in [0.2, 0.25) is 10.0 Å². The quantitative estimate of drug-likeness (QED) is 0.378. The second kappa shape index (κ2) is 8.52. The van der Waals surface area contributed by atoms with Crippen LogP contribution in [0.25, 0.3) is 6.08 Å². The third-order valence-electron chi connectivity index (χ3n) is 4.19. The molecule has 4 rings (SSSR count). The molecule has 0 bridgehead atoms. The van der Waals surface area contributed by atoms with Gasteiger partial charge in [0, 0.05) is 15.6 Å². The first-order valence-electron chi connectivity index (χ1n) is 8.83. The third kappa shape index (κ3) is 4.86. The van der Waals surface area contributed by atoms with Gasteiger partial charge in [-0.05, 0) is 65.7 Å². The summed E-state index contributed by atoms with van der Waals surface area (Å²) in [4.78, 5) is 16.5. The Morgan fingerprint density at radius 2 is 1.62 bits per heavy atom. The van der Waals surface area contributed by atoms with E-state index >= 15 is 0 Å². The number of aliphatic imine (C=N–C) groups is 1. The van der Waals surface area contributed by atoms with E-state index in [2.05, 4.69) is 4.99 Å². The van der Waals surface area contributed by atoms with E-state index in [1.165, 1.54) is 0 Å². The lowest BCUT2D eigenvalue weighted by Crippen LogP contribution is -2.05. The van der Waals surface area contributed by atoms with Crippen molar-refractivity contribution < 1.29 is 14.3 Å². The maximum atomic E-state index is 12.2. The highest BCUT2D eigenvalue weighted by Crippen LogP contribution is 2.22. The number of halogens is 2. The first-order chi connectivity index (χ1) is 14.1. The molecule has 6 heteroatoms. The van der Waals surface area contributed by atoms with Crippen LogP contribution < -0.4 is 4.74 Å². The number of carbonyl (C=O) groups is 1. The Labute approximate surface area is 178 Å². The number of esters is 1. The number of nitrogens with zero attached hydrogens (tertiary/aromatic N) is 1. The van der Waals surface area contributed by atoms with Crippen molar-refractivity contribution in [2.24, 2.45) is 4.99 Å². The summed E-state index contributed by atoms with van der Waals surface area (Å²) >= 11 is 11.8. The van der Waals surface area contributed by atoms with E-state index in [0.29, 0.717) is 28.0 Å². The lowest BCUT2D eigenvalue weighted by atomic mass is 10.2. The maximum Gasteiger partial charge on any atom is 0.363 e. The minimum absolute atomic E-state index is 0.227. The summed E-state index contributed by atoms with van der Waals surface area (Å²) in [5, 5.41) is 1.29. The predicted molar refractivity (Wildman–Crippen MR) is 114 cm³/mol. The molecule has 0 aliphatic carbocycles. The van der Waals surface area contributed by atoms with Gasteiger partial charge in [-0.1, -0.05) is 47.5 Å². The summed E-state index contributed by atoms with van der Waals surface area (Å²) in [6, 6.07) is 21.8. The monoisotopic (exact) mass is 423 g/mol. The van der Waals surface area contributed by atoms with Crippen LogP contribution in [0, 0.1) is 0 Å². The number of hydrogen-bond donors (Lipinski definition) is 0. The van der Waals surface area contributed by atoms with Gasteiger partial charge in [0.1, 0.15) is 12.4 Å². The van der Waals surface area contributed by atoms with Gasteiger partial charge >= 0.3 is 5.97 Å². The van der Waals surface area contributed by atoms with Crippen molar-refractivity contribution in [2.75, 3.05) is 0 Å². The third-order valence-corrected chi connectivity index (χ3v) is 4.70. The van der Waals surface area contributed by atoms with E-state index in [9.17, 15) is 4.79 Å². The van der Waals surface area contributed by atoms with Crippen LogP contribution in [0.1, 0.15) is 16.7 Å². The highest BCUT2D eigenvalue weighted by molar-refractivity contribution is 6.31. The zero-order valence-electron chi connectivity index (χ0n) is 15.1. The van der Waals surface area contributed by atoms with Crippen molar-refractivity contribution >= 4 is 41.1 Å². The van der Waals surface area contributed by atoms with Crippen LogP contribution in [0.15, 0.2) is 83.5 Å². The van der Waals surface area contributed by atoms with Crippen LogP contribution >= 0.6 is 23.2 Å². The first kappa shape index (κ1) is 19.2. The lowest BCUT2D eigenvalue weighted by Gasteiger charge is -2.07. The van der Waals surface area contributed by atoms with Gasteiger partial charge in [-0.3, -0.25) is 0 Å². The fourth-order valence-electron chi connectivity index (χ4n) is 2.72. The molecule has 1 aliphatic heterocycles. The van der Waals surface area contributed by atoms with Gasteiger partial charge in [-0.2, -0.15) is 0 Å². The molecule has 0 radical (unpaired) electrons. The molecule has 4 nitrogen and oxygen atoms in total. The minimum Gasteiger partial charge on any atom is -0.489 e. The molecule has 3 aromatic rings. The number of carbonyl (C=O) groups excluding carboxylic acids is 1. The second-order valence-corrected chi connectivity index (χ2v) is 7.20. The lowest BCUT2D eigenvalue weighted by molar-refractivity contribution is -0.129. The average Bonchev–Trinajstić information content (AvgIpc) is 3.09. The standard InChI is InChI=1S/C23H15Cl2NO3/c24-18-8-4-15(5-9-18)14-28-20-3-1-2-16(12-20)13-21-23(27)29-22(26-21)17-6-10-19(25)11-7-17/h1-13H,14H2/b21-13+. The SMILES string of the molecule is O=C1OC(c2ccc(Cl)cc2)=N/C1=C/c1cccc(OCc2ccc(Cl)cc2)c1. The Kier molecular flexibility index (Phi) is 5.65. The predicted octanol–water partition coefficient (Wildman–Crippen LogP) is 5.92. The Morgan fingerprint density at radius 3 is 2.34 bits per heavy atom. The van der Waals surface area contributed by atoms with Crippen molar-refractivity contribution in [3.05, 3.63) is 105 Å². The zero-order chi connectivity index (χ0) is 20.2. The van der Waals surface area contributed by atoms with Crippen LogP contribution in [0.5, 0.6) is 5.75 Å². The van der Waals surface area contributed by atoms with E-state index in [1.807, 2.05) is 48.5 Å². The molecular formula is C23H15Cl2NO3. The number of benzene rings is 3. The summed E-state index contributed by atoms with van der Waals surface area (Å²) in [5.41, 5.74) is 2.71. The van der Waals surface area contributed by atoms with Crippen molar-refractivity contribution in [1.82, 2.24) is 0 Å². The van der Waals surface area contributed by atoms with Crippen molar-refractivity contribution in [3.8, 4) is 5.75 Å². The topological polar surface area (TPSA) is 47.9 Å². The van der Waals surface area contributed by atoms with Crippen molar-refractivity contribution in [3.63, 3.8) is 0 Å². The van der Waals surface area contributed by atoms with E-state index in [1.54, 1.807) is 30.3 Å². The van der Waals surface area contributed by atoms with Gasteiger partial charge in [0.2, 0.25) is 5.90 Å². The van der Waals surface area contributed by atoms with Gasteiger partial charge in [-0.15, -0.1) is 0 Å². The van der Waals surface area contributed by atoms with Crippen LogP contribution in [0.4, 0.5) is 0 Å². The molecule has 0 unspecified atom stereocenters. The van der Waals surface area contributed by atoms with Crippen molar-refractivity contribution in [1.29, 1.82) is 0 Å². The number of rotatable bonds is 5. The Bertz CT molecular complexity index is 1100. The van der Waals surface area contributed by atoms with Gasteiger partial charge in [-0.25, -0.2) is 9.79 Å². The molecule has 3 aromatic carbocycles. The fourth-order valence-corrected chi connectivity index (χ4v) is 2.98. The van der Waals surface area contributed by atoms with Gasteiger partial charge in [0.15, 0.2) is 5.70 Å². The zero-order valence-corrected chi connectivity index (χ0v) is 16.7. The van der Waals surface area contributed by atoms with E-state index in [0.717, 1.165) is 11.1 Å². The number of ether oxygens (including phenoxy) is 2. The molecule has 29 heavy (non-hydrogen) atoms. The smallest absolute Gasteiger partial charge is 0.363 e. The molecule has 0 saturated carbocycles. The largest absolute Gasteiger partial charge is 0.489 e. The Morgan fingerprint density at radius 1 is 0.931 bits per heavy atom. The van der Waals surface area contributed by atoms with Crippen LogP contribution in [0.3, 0.4) is 0 Å². The number of hydrogen-bond acceptors (Lipinski definition) is 4. The maximum absolute atomic E-state index is 12.2. The number of cyclic esters (lactones) is 1. The summed E-state index contributed by atoms with van der Waals surface area (Å²) in [6.45, 7) is 0.415. The summed E-state index contributed by atoms with van der Waals surface area (Å²) in [6.07, 6.45) is 1.67. The molecule has 0 fully saturated rings. The van der Waals surface area contributed by atoms with Crippen LogP contribution in [-0.4, -0.2) is 11.9 Å². The first-order valence-corrected chi connectivity index (χ1v) is 9.58. The summed E-state index contributed by atoms with van der Waals surface area (Å²) in [5.74, 6) is 0.443. The summed E-state index contributed by atoms with van der Waals surface area (Å²) in [7, 11) is 0. The highest BCUT2D eigenvalue weighted by atomic mass is 35.5. The Hall–Kier alpha value is -3.08. The van der Waals surface area contributed by atoms with E-state index in [4.69, 9.17) is 32.7 Å². The molecule has 1 aliphatic rings.